The van der Waals surface area contributed by atoms with Crippen molar-refractivity contribution >= 4 is 0 Å². The third-order valence-corrected chi connectivity index (χ3v) is 3.34. The molecule has 118 valence electrons. The quantitative estimate of drug-likeness (QED) is 0.746. The summed E-state index contributed by atoms with van der Waals surface area (Å²) >= 11 is 0. The largest absolute Gasteiger partial charge is 0.493 e. The summed E-state index contributed by atoms with van der Waals surface area (Å²) < 4.78 is 12.3. The van der Waals surface area contributed by atoms with E-state index in [2.05, 4.69) is 15.0 Å². The summed E-state index contributed by atoms with van der Waals surface area (Å²) in [5.41, 5.74) is -0.196. The lowest BCUT2D eigenvalue weighted by atomic mass is 10.1. The van der Waals surface area contributed by atoms with Gasteiger partial charge in [0.2, 0.25) is 0 Å². The van der Waals surface area contributed by atoms with E-state index in [1.54, 1.807) is 42.3 Å². The van der Waals surface area contributed by atoms with E-state index in [0.717, 1.165) is 0 Å². The Morgan fingerprint density at radius 1 is 1.17 bits per heavy atom. The van der Waals surface area contributed by atoms with Crippen LogP contribution in [0.2, 0.25) is 0 Å². The van der Waals surface area contributed by atoms with Crippen LogP contribution in [0.1, 0.15) is 0 Å². The highest BCUT2D eigenvalue weighted by Gasteiger charge is 2.17. The first-order valence-corrected chi connectivity index (χ1v) is 6.72. The standard InChI is InChI=1S/C15H14N4O4/c1-22-11-5-3-4-9(12(11)23-2)13-16-6-7-19(13)10-8-17-15(21)18-14(10)20/h3-8H,1-2H3,(H2,17,18,20,21). The van der Waals surface area contributed by atoms with Crippen LogP contribution in [0, 0.1) is 0 Å². The highest BCUT2D eigenvalue weighted by Crippen LogP contribution is 2.37. The van der Waals surface area contributed by atoms with Crippen LogP contribution in [-0.2, 0) is 0 Å². The molecule has 0 aliphatic heterocycles. The fourth-order valence-corrected chi connectivity index (χ4v) is 2.34. The van der Waals surface area contributed by atoms with Crippen LogP contribution in [0.25, 0.3) is 17.1 Å². The SMILES string of the molecule is COc1cccc(-c2nccn2-c2c[nH]c(=O)[nH]c2=O)c1OC. The number of ether oxygens (including phenoxy) is 2. The Morgan fingerprint density at radius 2 is 2.00 bits per heavy atom. The molecule has 3 aromatic rings. The second-order valence-electron chi connectivity index (χ2n) is 4.62. The maximum absolute atomic E-state index is 12.0. The van der Waals surface area contributed by atoms with Gasteiger partial charge in [0.15, 0.2) is 11.5 Å². The molecular formula is C15H14N4O4. The molecule has 0 saturated carbocycles. The number of nitrogens with zero attached hydrogens (tertiary/aromatic N) is 2. The minimum absolute atomic E-state index is 0.238. The van der Waals surface area contributed by atoms with Crippen molar-refractivity contribution < 1.29 is 9.47 Å². The van der Waals surface area contributed by atoms with E-state index < -0.39 is 11.2 Å². The Morgan fingerprint density at radius 3 is 2.70 bits per heavy atom. The maximum atomic E-state index is 12.0. The van der Waals surface area contributed by atoms with Crippen molar-refractivity contribution in [2.75, 3.05) is 14.2 Å². The van der Waals surface area contributed by atoms with E-state index in [-0.39, 0.29) is 5.69 Å². The summed E-state index contributed by atoms with van der Waals surface area (Å²) in [7, 11) is 3.07. The molecule has 0 unspecified atom stereocenters. The van der Waals surface area contributed by atoms with Crippen molar-refractivity contribution in [3.63, 3.8) is 0 Å². The molecule has 0 aliphatic carbocycles. The molecule has 0 radical (unpaired) electrons. The van der Waals surface area contributed by atoms with Gasteiger partial charge >= 0.3 is 5.69 Å². The second kappa shape index (κ2) is 5.84. The van der Waals surface area contributed by atoms with Crippen LogP contribution in [0.5, 0.6) is 11.5 Å². The molecule has 0 saturated heterocycles. The number of hydrogen-bond donors (Lipinski definition) is 2. The van der Waals surface area contributed by atoms with Gasteiger partial charge in [0.05, 0.1) is 19.8 Å². The predicted octanol–water partition coefficient (Wildman–Crippen LogP) is 0.933. The molecule has 0 bridgehead atoms. The summed E-state index contributed by atoms with van der Waals surface area (Å²) in [6.45, 7) is 0. The van der Waals surface area contributed by atoms with Gasteiger partial charge in [-0.05, 0) is 12.1 Å². The van der Waals surface area contributed by atoms with E-state index in [4.69, 9.17) is 9.47 Å². The van der Waals surface area contributed by atoms with Crippen LogP contribution in [0.15, 0.2) is 46.4 Å². The fraction of sp³-hybridized carbons (Fsp3) is 0.133. The summed E-state index contributed by atoms with van der Waals surface area (Å²) in [5, 5.41) is 0. The Kier molecular flexibility index (Phi) is 3.71. The summed E-state index contributed by atoms with van der Waals surface area (Å²) in [6.07, 6.45) is 4.51. The van der Waals surface area contributed by atoms with E-state index in [9.17, 15) is 9.59 Å². The van der Waals surface area contributed by atoms with Gasteiger partial charge < -0.3 is 14.5 Å². The molecule has 3 rings (SSSR count). The van der Waals surface area contributed by atoms with Crippen molar-refractivity contribution in [3.8, 4) is 28.6 Å². The van der Waals surface area contributed by atoms with Crippen LogP contribution in [0.3, 0.4) is 0 Å². The lowest BCUT2D eigenvalue weighted by Crippen LogP contribution is -2.25. The third-order valence-electron chi connectivity index (χ3n) is 3.34. The van der Waals surface area contributed by atoms with Crippen LogP contribution in [0.4, 0.5) is 0 Å². The van der Waals surface area contributed by atoms with Gasteiger partial charge in [-0.25, -0.2) is 9.78 Å². The molecule has 1 aromatic carbocycles. The van der Waals surface area contributed by atoms with Gasteiger partial charge in [-0.1, -0.05) is 6.07 Å². The lowest BCUT2D eigenvalue weighted by molar-refractivity contribution is 0.356. The Labute approximate surface area is 130 Å². The molecular weight excluding hydrogens is 300 g/mol. The number of imidazole rings is 1. The zero-order valence-corrected chi connectivity index (χ0v) is 12.5. The van der Waals surface area contributed by atoms with Crippen LogP contribution in [-0.4, -0.2) is 33.7 Å². The number of nitrogens with one attached hydrogen (secondary N) is 2. The van der Waals surface area contributed by atoms with Crippen molar-refractivity contribution in [2.24, 2.45) is 0 Å². The average Bonchev–Trinajstić information content (AvgIpc) is 3.03. The molecule has 2 heterocycles. The molecule has 0 fully saturated rings. The van der Waals surface area contributed by atoms with Gasteiger partial charge in [-0.2, -0.15) is 0 Å². The maximum Gasteiger partial charge on any atom is 0.325 e. The zero-order valence-electron chi connectivity index (χ0n) is 12.5. The van der Waals surface area contributed by atoms with Crippen LogP contribution >= 0.6 is 0 Å². The van der Waals surface area contributed by atoms with Gasteiger partial charge in [-0.3, -0.25) is 14.3 Å². The first-order chi connectivity index (χ1) is 11.2. The summed E-state index contributed by atoms with van der Waals surface area (Å²) in [4.78, 5) is 32.1. The minimum Gasteiger partial charge on any atom is -0.493 e. The molecule has 8 nitrogen and oxygen atoms in total. The molecule has 0 aliphatic rings. The molecule has 0 atom stereocenters. The van der Waals surface area contributed by atoms with Crippen molar-refractivity contribution in [2.45, 2.75) is 0 Å². The minimum atomic E-state index is -0.570. The number of para-hydroxylation sites is 1. The van der Waals surface area contributed by atoms with Gasteiger partial charge in [0.25, 0.3) is 5.56 Å². The van der Waals surface area contributed by atoms with Gasteiger partial charge in [0, 0.05) is 18.6 Å². The van der Waals surface area contributed by atoms with Gasteiger partial charge in [0.1, 0.15) is 11.5 Å². The number of hydrogen-bond acceptors (Lipinski definition) is 5. The summed E-state index contributed by atoms with van der Waals surface area (Å²) in [5.74, 6) is 1.54. The topological polar surface area (TPSA) is 102 Å². The van der Waals surface area contributed by atoms with Crippen molar-refractivity contribution in [3.05, 3.63) is 57.6 Å². The smallest absolute Gasteiger partial charge is 0.325 e. The molecule has 23 heavy (non-hydrogen) atoms. The Hall–Kier alpha value is -3.29. The van der Waals surface area contributed by atoms with E-state index in [1.807, 2.05) is 0 Å². The first kappa shape index (κ1) is 14.6. The lowest BCUT2D eigenvalue weighted by Gasteiger charge is -2.13. The molecule has 2 N–H and O–H groups in total. The summed E-state index contributed by atoms with van der Waals surface area (Å²) in [6, 6.07) is 5.37. The highest BCUT2D eigenvalue weighted by molar-refractivity contribution is 5.70. The average molecular weight is 314 g/mol. The third kappa shape index (κ3) is 2.50. The first-order valence-electron chi connectivity index (χ1n) is 6.72. The zero-order chi connectivity index (χ0) is 16.4. The van der Waals surface area contributed by atoms with Crippen molar-refractivity contribution in [1.82, 2.24) is 19.5 Å². The Balaban J connectivity index is 2.23. The van der Waals surface area contributed by atoms with Crippen molar-refractivity contribution in [1.29, 1.82) is 0 Å². The highest BCUT2D eigenvalue weighted by atomic mass is 16.5. The predicted molar refractivity (Wildman–Crippen MR) is 83.3 cm³/mol. The number of aromatic nitrogens is 4. The number of methoxy groups -OCH3 is 2. The fourth-order valence-electron chi connectivity index (χ4n) is 2.34. The Bertz CT molecular complexity index is 954. The number of benzene rings is 1. The van der Waals surface area contributed by atoms with E-state index in [0.29, 0.717) is 22.9 Å². The normalized spacial score (nSPS) is 10.5. The van der Waals surface area contributed by atoms with E-state index in [1.165, 1.54) is 13.3 Å². The number of rotatable bonds is 4. The van der Waals surface area contributed by atoms with E-state index >= 15 is 0 Å². The van der Waals surface area contributed by atoms with Crippen LogP contribution < -0.4 is 20.7 Å². The van der Waals surface area contributed by atoms with Gasteiger partial charge in [-0.15, -0.1) is 0 Å². The number of aromatic amines is 2. The molecule has 0 amide bonds. The molecule has 0 spiro atoms. The molecule has 8 heteroatoms. The second-order valence-corrected chi connectivity index (χ2v) is 4.62. The molecule has 2 aromatic heterocycles. The number of H-pyrrole nitrogens is 2. The monoisotopic (exact) mass is 314 g/mol.